The molecule has 0 rings (SSSR count). The van der Waals surface area contributed by atoms with Gasteiger partial charge in [-0.25, -0.2) is 6.42 Å². The molecule has 1 amide bonds. The topological polar surface area (TPSA) is 29.1 Å². The number of unbranched alkanes of at least 4 members (excludes halogenated alkanes) is 1. The predicted molar refractivity (Wildman–Crippen MR) is 33.0 cm³/mol. The molecule has 0 heterocycles. The van der Waals surface area contributed by atoms with Crippen LogP contribution in [0.1, 0.15) is 12.8 Å². The van der Waals surface area contributed by atoms with E-state index in [1.165, 1.54) is 0 Å². The molecule has 0 unspecified atom stereocenters. The van der Waals surface area contributed by atoms with Crippen molar-refractivity contribution in [3.8, 4) is 0 Å². The van der Waals surface area contributed by atoms with Gasteiger partial charge < -0.3 is 23.5 Å². The second-order valence-corrected chi connectivity index (χ2v) is 1.46. The molecule has 0 aromatic carbocycles. The fourth-order valence-corrected chi connectivity index (χ4v) is 0.335. The zero-order valence-electron chi connectivity index (χ0n) is 5.68. The van der Waals surface area contributed by atoms with Crippen LogP contribution < -0.4 is 5.32 Å². The largest absolute Gasteiger partial charge is 0.384 e. The minimum Gasteiger partial charge on any atom is -0.384 e. The molecule has 3 heteroatoms. The molecule has 9 heavy (non-hydrogen) atoms. The predicted octanol–water partition coefficient (Wildman–Crippen LogP) is 0.548. The molecule has 0 bridgehead atoms. The van der Waals surface area contributed by atoms with Gasteiger partial charge in [0, 0.05) is 39.8 Å². The molecule has 1 N–H and O–H groups in total. The zero-order chi connectivity index (χ0) is 6.41. The minimum atomic E-state index is -0.0198. The number of nitrogens with one attached hydrogen (secondary N) is 1. The van der Waals surface area contributed by atoms with Crippen LogP contribution in [0.15, 0.2) is 0 Å². The van der Waals surface area contributed by atoms with E-state index >= 15 is 0 Å². The van der Waals surface area contributed by atoms with E-state index in [0.717, 1.165) is 12.8 Å². The number of amides is 1. The third-order valence-corrected chi connectivity index (χ3v) is 0.780. The first-order valence-corrected chi connectivity index (χ1v) is 2.65. The van der Waals surface area contributed by atoms with Crippen LogP contribution in [0.4, 0.5) is 0 Å². The van der Waals surface area contributed by atoms with Crippen molar-refractivity contribution in [3.63, 3.8) is 0 Å². The Bertz CT molecular complexity index is 75.5. The van der Waals surface area contributed by atoms with E-state index in [9.17, 15) is 4.79 Å². The number of hydrogen-bond donors (Lipinski definition) is 1. The van der Waals surface area contributed by atoms with Gasteiger partial charge in [-0.05, 0) is 0 Å². The molecule has 0 saturated carbocycles. The Kier molecular flexibility index (Phi) is 11.4. The molecule has 0 aromatic heterocycles. The molecule has 0 aliphatic heterocycles. The summed E-state index contributed by atoms with van der Waals surface area (Å²) in [7, 11) is 1.61. The van der Waals surface area contributed by atoms with Crippen LogP contribution in [0.5, 0.6) is 0 Å². The molecule has 0 aliphatic rings. The Hall–Kier alpha value is 0.444. The number of hydrogen-bond acceptors (Lipinski definition) is 1. The molecule has 0 saturated heterocycles. The fourth-order valence-electron chi connectivity index (χ4n) is 0.335. The summed E-state index contributed by atoms with van der Waals surface area (Å²) in [6.45, 7) is 3.58. The van der Waals surface area contributed by atoms with Gasteiger partial charge in [0.2, 0.25) is 0 Å². The Morgan fingerprint density at radius 1 is 1.78 bits per heavy atom. The first kappa shape index (κ1) is 12.2. The van der Waals surface area contributed by atoms with E-state index in [1.54, 1.807) is 13.5 Å². The molecular formula is C6H11NOY-2. The molecule has 0 atom stereocenters. The molecule has 2 nitrogen and oxygen atoms in total. The van der Waals surface area contributed by atoms with Crippen LogP contribution in [-0.4, -0.2) is 13.0 Å². The molecule has 0 fully saturated rings. The van der Waals surface area contributed by atoms with Crippen LogP contribution in [-0.2, 0) is 37.5 Å². The van der Waals surface area contributed by atoms with E-state index in [2.05, 4.69) is 12.2 Å². The van der Waals surface area contributed by atoms with Gasteiger partial charge in [-0.1, -0.05) is 0 Å². The van der Waals surface area contributed by atoms with Gasteiger partial charge in [0.1, 0.15) is 0 Å². The van der Waals surface area contributed by atoms with E-state index in [-0.39, 0.29) is 38.6 Å². The Morgan fingerprint density at radius 3 is 2.67 bits per heavy atom. The summed E-state index contributed by atoms with van der Waals surface area (Å²) in [5, 5.41) is 2.48. The quantitative estimate of drug-likeness (QED) is 0.665. The maximum absolute atomic E-state index is 10.4. The first-order chi connectivity index (χ1) is 3.81. The molecule has 0 spiro atoms. The maximum atomic E-state index is 10.4. The second-order valence-electron chi connectivity index (χ2n) is 1.46. The number of rotatable bonds is 3. The van der Waals surface area contributed by atoms with Gasteiger partial charge in [-0.15, -0.1) is 0 Å². The van der Waals surface area contributed by atoms with E-state index in [0.29, 0.717) is 0 Å². The molecule has 0 aliphatic carbocycles. The third-order valence-electron chi connectivity index (χ3n) is 0.780. The smallest absolute Gasteiger partial charge is 0.0820 e. The van der Waals surface area contributed by atoms with Gasteiger partial charge in [0.15, 0.2) is 0 Å². The summed E-state index contributed by atoms with van der Waals surface area (Å²) < 4.78 is 0. The summed E-state index contributed by atoms with van der Waals surface area (Å²) in [5.41, 5.74) is 0. The average molecular weight is 202 g/mol. The van der Waals surface area contributed by atoms with Gasteiger partial charge >= 0.3 is 0 Å². The van der Waals surface area contributed by atoms with Crippen LogP contribution in [0, 0.1) is 13.3 Å². The summed E-state index contributed by atoms with van der Waals surface area (Å²) in [4.78, 5) is 10.4. The molecule has 51 valence electrons. The van der Waals surface area contributed by atoms with Crippen molar-refractivity contribution in [1.29, 1.82) is 0 Å². The maximum Gasteiger partial charge on any atom is 0.0820 e. The third kappa shape index (κ3) is 8.44. The van der Waals surface area contributed by atoms with Crippen molar-refractivity contribution < 1.29 is 37.5 Å². The Balaban J connectivity index is 0. The van der Waals surface area contributed by atoms with Crippen molar-refractivity contribution in [1.82, 2.24) is 5.32 Å². The monoisotopic (exact) mass is 202 g/mol. The van der Waals surface area contributed by atoms with Gasteiger partial charge in [0.05, 0.1) is 5.91 Å². The van der Waals surface area contributed by atoms with Crippen LogP contribution in [0.2, 0.25) is 0 Å². The fraction of sp³-hybridized carbons (Fsp3) is 0.500. The molecule has 0 aromatic rings. The van der Waals surface area contributed by atoms with Crippen molar-refractivity contribution in [2.75, 3.05) is 7.05 Å². The average Bonchev–Trinajstić information content (AvgIpc) is 1.83. The normalized spacial score (nSPS) is 7.33. The van der Waals surface area contributed by atoms with Crippen molar-refractivity contribution >= 4 is 5.91 Å². The number of carbonyl (C=O) groups excluding carboxylic acids is 1. The summed E-state index contributed by atoms with van der Waals surface area (Å²) in [6.07, 6.45) is 3.14. The first-order valence-electron chi connectivity index (χ1n) is 2.65. The van der Waals surface area contributed by atoms with Gasteiger partial charge in [0.25, 0.3) is 0 Å². The van der Waals surface area contributed by atoms with Crippen LogP contribution in [0.3, 0.4) is 0 Å². The summed E-state index contributed by atoms with van der Waals surface area (Å²) in [6, 6.07) is 0. The van der Waals surface area contributed by atoms with Crippen molar-refractivity contribution in [3.05, 3.63) is 13.3 Å². The van der Waals surface area contributed by atoms with Crippen LogP contribution in [0.25, 0.3) is 0 Å². The Morgan fingerprint density at radius 2 is 2.33 bits per heavy atom. The summed E-state index contributed by atoms with van der Waals surface area (Å²) >= 11 is 0. The summed E-state index contributed by atoms with van der Waals surface area (Å²) in [5.74, 6) is -0.0198. The van der Waals surface area contributed by atoms with E-state index in [4.69, 9.17) is 0 Å². The van der Waals surface area contributed by atoms with Gasteiger partial charge in [-0.3, -0.25) is 0 Å². The van der Waals surface area contributed by atoms with Crippen molar-refractivity contribution in [2.24, 2.45) is 0 Å². The Labute approximate surface area is 81.7 Å². The van der Waals surface area contributed by atoms with Crippen LogP contribution >= 0.6 is 0 Å². The standard InChI is InChI=1S/C6H11NO.Y/c1-3-4-5-6(8)7-2;/h5H,1,3-4H2,2H3,(H,7,8);/q-2;. The van der Waals surface area contributed by atoms with Crippen molar-refractivity contribution in [2.45, 2.75) is 12.8 Å². The number of carbonyl (C=O) groups is 1. The van der Waals surface area contributed by atoms with Gasteiger partial charge in [-0.2, -0.15) is 6.42 Å². The van der Waals surface area contributed by atoms with E-state index < -0.39 is 0 Å². The second kappa shape index (κ2) is 8.44. The molecular weight excluding hydrogens is 191 g/mol. The zero-order valence-corrected chi connectivity index (χ0v) is 8.52. The SMILES string of the molecule is [CH2-]CC[CH-]C(=O)NC.[Y]. The molecule has 1 radical (unpaired) electrons. The van der Waals surface area contributed by atoms with E-state index in [1.807, 2.05) is 0 Å². The minimum absolute atomic E-state index is 0.